The van der Waals surface area contributed by atoms with E-state index in [0.717, 1.165) is 0 Å². The first kappa shape index (κ1) is 8.67. The minimum Gasteiger partial charge on any atom is -0.597 e. The van der Waals surface area contributed by atoms with E-state index in [1.165, 1.54) is 14.2 Å². The number of hydrogen-bond acceptors (Lipinski definition) is 5. The summed E-state index contributed by atoms with van der Waals surface area (Å²) in [6, 6.07) is 0. The van der Waals surface area contributed by atoms with Gasteiger partial charge in [0.1, 0.15) is 7.11 Å². The van der Waals surface area contributed by atoms with Crippen LogP contribution in [0.15, 0.2) is 5.28 Å². The number of hydroxylamine groups is 1. The molecule has 10 heavy (non-hydrogen) atoms. The van der Waals surface area contributed by atoms with Crippen LogP contribution >= 0.6 is 0 Å². The Kier molecular flexibility index (Phi) is 3.94. The number of carbonyl (C=O) groups is 1. The number of hydrogen-bond donors (Lipinski definition) is 0. The van der Waals surface area contributed by atoms with Gasteiger partial charge in [0.15, 0.2) is 5.28 Å². The highest BCUT2D eigenvalue weighted by atomic mass is 16.7. The number of rotatable bonds is 3. The monoisotopic (exact) mass is 148 g/mol. The molecule has 0 amide bonds. The number of ether oxygens (including phenoxy) is 1. The van der Waals surface area contributed by atoms with Crippen molar-refractivity contribution in [2.24, 2.45) is 5.28 Å². The van der Waals surface area contributed by atoms with E-state index in [2.05, 4.69) is 14.9 Å². The van der Waals surface area contributed by atoms with E-state index < -0.39 is 12.5 Å². The lowest BCUT2D eigenvalue weighted by Gasteiger charge is -1.96. The molecule has 58 valence electrons. The maximum absolute atomic E-state index is 10.3. The summed E-state index contributed by atoms with van der Waals surface area (Å²) in [4.78, 5) is 14.5. The molecular weight excluding hydrogens is 140 g/mol. The second kappa shape index (κ2) is 4.54. The van der Waals surface area contributed by atoms with Crippen LogP contribution in [-0.4, -0.2) is 31.6 Å². The van der Waals surface area contributed by atoms with Crippen molar-refractivity contribution in [1.29, 1.82) is 0 Å². The second-order valence-corrected chi connectivity index (χ2v) is 1.35. The fourth-order valence-corrected chi connectivity index (χ4v) is 0.295. The molecule has 0 unspecified atom stereocenters. The van der Waals surface area contributed by atoms with Crippen molar-refractivity contribution in [3.8, 4) is 0 Å². The van der Waals surface area contributed by atoms with Crippen molar-refractivity contribution in [3.05, 3.63) is 5.21 Å². The Bertz CT molecular complexity index is 144. The first-order valence-electron chi connectivity index (χ1n) is 2.46. The van der Waals surface area contributed by atoms with Crippen LogP contribution < -0.4 is 0 Å². The summed E-state index contributed by atoms with van der Waals surface area (Å²) in [5, 5.41) is 13.2. The Morgan fingerprint density at radius 3 is 2.70 bits per heavy atom. The van der Waals surface area contributed by atoms with Crippen LogP contribution in [0.2, 0.25) is 0 Å². The molecular formula is C4H8N2O4. The van der Waals surface area contributed by atoms with E-state index >= 15 is 0 Å². The summed E-state index contributed by atoms with van der Waals surface area (Å²) in [5.41, 5.74) is 0. The largest absolute Gasteiger partial charge is 0.597 e. The van der Waals surface area contributed by atoms with Gasteiger partial charge < -0.3 is 14.8 Å². The van der Waals surface area contributed by atoms with Crippen LogP contribution in [0.3, 0.4) is 0 Å². The fourth-order valence-electron chi connectivity index (χ4n) is 0.295. The molecule has 0 aliphatic heterocycles. The van der Waals surface area contributed by atoms with Crippen LogP contribution in [0, 0.1) is 5.21 Å². The summed E-state index contributed by atoms with van der Waals surface area (Å²) in [6.45, 7) is -0.454. The first-order chi connectivity index (χ1) is 4.70. The maximum Gasteiger partial charge on any atom is 0.376 e. The molecule has 0 saturated heterocycles. The van der Waals surface area contributed by atoms with Gasteiger partial charge in [0, 0.05) is 0 Å². The zero-order valence-corrected chi connectivity index (χ0v) is 5.73. The molecule has 0 fully saturated rings. The lowest BCUT2D eigenvalue weighted by atomic mass is 10.7. The van der Waals surface area contributed by atoms with E-state index in [-0.39, 0.29) is 4.86 Å². The molecule has 0 saturated carbocycles. The summed E-state index contributed by atoms with van der Waals surface area (Å²) in [5.74, 6) is -0.657. The van der Waals surface area contributed by atoms with Crippen molar-refractivity contribution < 1.29 is 19.2 Å². The van der Waals surface area contributed by atoms with Crippen LogP contribution in [0.25, 0.3) is 0 Å². The normalized spacial score (nSPS) is 10.8. The smallest absolute Gasteiger partial charge is 0.376 e. The average Bonchev–Trinajstić information content (AvgIpc) is 1.88. The van der Waals surface area contributed by atoms with Gasteiger partial charge in [0.2, 0.25) is 0 Å². The summed E-state index contributed by atoms with van der Waals surface area (Å²) in [6.07, 6.45) is 0. The van der Waals surface area contributed by atoms with Gasteiger partial charge in [0.25, 0.3) is 6.54 Å². The molecule has 0 rings (SSSR count). The third-order valence-electron chi connectivity index (χ3n) is 0.665. The molecule has 0 aliphatic carbocycles. The second-order valence-electron chi connectivity index (χ2n) is 1.35. The molecule has 6 nitrogen and oxygen atoms in total. The SMILES string of the molecule is CO/N=[N+](/[O-])CC(=O)OC. The van der Waals surface area contributed by atoms with Crippen molar-refractivity contribution in [3.63, 3.8) is 0 Å². The molecule has 0 bridgehead atoms. The Hall–Kier alpha value is -1.33. The first-order valence-corrected chi connectivity index (χ1v) is 2.46. The zero-order chi connectivity index (χ0) is 7.98. The highest BCUT2D eigenvalue weighted by Crippen LogP contribution is 1.79. The molecule has 0 aromatic carbocycles. The molecule has 0 aliphatic rings. The maximum atomic E-state index is 10.3. The van der Waals surface area contributed by atoms with Crippen molar-refractivity contribution >= 4 is 5.97 Å². The highest BCUT2D eigenvalue weighted by Gasteiger charge is 2.06. The minimum atomic E-state index is -0.657. The third kappa shape index (κ3) is 3.65. The van der Waals surface area contributed by atoms with E-state index in [1.54, 1.807) is 0 Å². The molecule has 0 spiro atoms. The Labute approximate surface area is 57.6 Å². The van der Waals surface area contributed by atoms with Gasteiger partial charge in [-0.15, -0.1) is 0 Å². The van der Waals surface area contributed by atoms with Crippen LogP contribution in [-0.2, 0) is 14.4 Å². The van der Waals surface area contributed by atoms with Gasteiger partial charge in [-0.25, -0.2) is 4.79 Å². The average molecular weight is 148 g/mol. The van der Waals surface area contributed by atoms with Crippen molar-refractivity contribution in [1.82, 2.24) is 0 Å². The molecule has 0 radical (unpaired) electrons. The van der Waals surface area contributed by atoms with Gasteiger partial charge >= 0.3 is 5.97 Å². The number of carbonyl (C=O) groups excluding carboxylic acids is 1. The van der Waals surface area contributed by atoms with E-state index in [4.69, 9.17) is 0 Å². The lowest BCUT2D eigenvalue weighted by molar-refractivity contribution is -0.548. The Morgan fingerprint density at radius 1 is 1.70 bits per heavy atom. The minimum absolute atomic E-state index is 0.0891. The van der Waals surface area contributed by atoms with Gasteiger partial charge in [-0.1, -0.05) is 0 Å². The predicted molar refractivity (Wildman–Crippen MR) is 29.9 cm³/mol. The molecule has 0 heterocycles. The molecule has 0 aromatic heterocycles. The zero-order valence-electron chi connectivity index (χ0n) is 5.73. The molecule has 0 atom stereocenters. The van der Waals surface area contributed by atoms with Crippen LogP contribution in [0.5, 0.6) is 0 Å². The lowest BCUT2D eigenvalue weighted by Crippen LogP contribution is -2.15. The third-order valence-corrected chi connectivity index (χ3v) is 0.665. The number of methoxy groups -OCH3 is 1. The van der Waals surface area contributed by atoms with Crippen molar-refractivity contribution in [2.45, 2.75) is 0 Å². The van der Waals surface area contributed by atoms with Crippen LogP contribution in [0.4, 0.5) is 0 Å². The Morgan fingerprint density at radius 2 is 2.30 bits per heavy atom. The number of nitrogens with zero attached hydrogens (tertiary/aromatic N) is 2. The van der Waals surface area contributed by atoms with E-state index in [9.17, 15) is 10.0 Å². The fraction of sp³-hybridized carbons (Fsp3) is 0.750. The predicted octanol–water partition coefficient (Wildman–Crippen LogP) is -0.317. The number of esters is 1. The van der Waals surface area contributed by atoms with Crippen LogP contribution in [0.1, 0.15) is 0 Å². The van der Waals surface area contributed by atoms with Crippen molar-refractivity contribution in [2.75, 3.05) is 20.8 Å². The highest BCUT2D eigenvalue weighted by molar-refractivity contribution is 5.70. The molecule has 0 N–H and O–H groups in total. The quantitative estimate of drug-likeness (QED) is 0.238. The Balaban J connectivity index is 3.67. The van der Waals surface area contributed by atoms with E-state index in [0.29, 0.717) is 0 Å². The summed E-state index contributed by atoms with van der Waals surface area (Å²) >= 11 is 0. The standard InChI is InChI=1S/C4H8N2O4/c1-9-4(7)3-6(8)5-10-2/h3H2,1-2H3/b6-5+. The molecule has 6 heteroatoms. The molecule has 0 aromatic rings. The summed E-state index contributed by atoms with van der Waals surface area (Å²) in [7, 11) is 2.39. The van der Waals surface area contributed by atoms with Gasteiger partial charge in [-0.3, -0.25) is 0 Å². The van der Waals surface area contributed by atoms with Gasteiger partial charge in [-0.05, 0) is 4.86 Å². The summed E-state index contributed by atoms with van der Waals surface area (Å²) < 4.78 is 4.17. The van der Waals surface area contributed by atoms with Gasteiger partial charge in [-0.2, -0.15) is 0 Å². The van der Waals surface area contributed by atoms with Gasteiger partial charge in [0.05, 0.1) is 7.11 Å². The topological polar surface area (TPSA) is 74.0 Å². The van der Waals surface area contributed by atoms with E-state index in [1.807, 2.05) is 0 Å².